The minimum absolute atomic E-state index is 0.101. The Bertz CT molecular complexity index is 393. The molecule has 0 atom stereocenters. The van der Waals surface area contributed by atoms with Crippen molar-refractivity contribution >= 4 is 40.1 Å². The first-order valence-electron chi connectivity index (χ1n) is 4.88. The van der Waals surface area contributed by atoms with Crippen LogP contribution in [0.1, 0.15) is 13.3 Å². The quantitative estimate of drug-likeness (QED) is 0.826. The zero-order valence-corrected chi connectivity index (χ0v) is 11.1. The van der Waals surface area contributed by atoms with Crippen molar-refractivity contribution in [2.75, 3.05) is 11.9 Å². The first-order chi connectivity index (χ1) is 7.58. The molecule has 0 saturated carbocycles. The maximum Gasteiger partial charge on any atom is 0.226 e. The van der Waals surface area contributed by atoms with Gasteiger partial charge in [-0.15, -0.1) is 0 Å². The van der Waals surface area contributed by atoms with E-state index in [-0.39, 0.29) is 18.2 Å². The lowest BCUT2D eigenvalue weighted by molar-refractivity contribution is -0.119. The van der Waals surface area contributed by atoms with E-state index in [0.29, 0.717) is 6.54 Å². The number of hydrogen-bond acceptors (Lipinski definition) is 2. The highest BCUT2D eigenvalue weighted by Crippen LogP contribution is 2.12. The molecule has 16 heavy (non-hydrogen) atoms. The Morgan fingerprint density at radius 2 is 2.12 bits per heavy atom. The topological polar surface area (TPSA) is 58.2 Å². The van der Waals surface area contributed by atoms with Gasteiger partial charge in [0.2, 0.25) is 11.8 Å². The van der Waals surface area contributed by atoms with E-state index in [1.807, 2.05) is 24.3 Å². The van der Waals surface area contributed by atoms with Crippen LogP contribution in [-0.2, 0) is 9.59 Å². The minimum Gasteiger partial charge on any atom is -0.356 e. The summed E-state index contributed by atoms with van der Waals surface area (Å²) in [5, 5.41) is 5.33. The van der Waals surface area contributed by atoms with Gasteiger partial charge >= 0.3 is 0 Å². The zero-order chi connectivity index (χ0) is 12.0. The number of hydrogen-bond donors (Lipinski definition) is 2. The molecule has 0 aliphatic heterocycles. The molecule has 0 heterocycles. The second-order valence-electron chi connectivity index (χ2n) is 3.29. The summed E-state index contributed by atoms with van der Waals surface area (Å²) in [7, 11) is 0. The lowest BCUT2D eigenvalue weighted by atomic mass is 10.3. The van der Waals surface area contributed by atoms with Gasteiger partial charge in [-0.3, -0.25) is 9.59 Å². The maximum absolute atomic E-state index is 11.4. The van der Waals surface area contributed by atoms with Crippen molar-refractivity contribution in [2.45, 2.75) is 13.3 Å². The van der Waals surface area contributed by atoms with Gasteiger partial charge in [0.25, 0.3) is 0 Å². The van der Waals surface area contributed by atoms with E-state index < -0.39 is 0 Å². The molecule has 0 saturated heterocycles. The van der Waals surface area contributed by atoms with Crippen LogP contribution in [0.5, 0.6) is 0 Å². The van der Waals surface area contributed by atoms with Gasteiger partial charge in [0.05, 0.1) is 0 Å². The molecular formula is C11H13IN2O2. The predicted molar refractivity (Wildman–Crippen MR) is 71.1 cm³/mol. The molecule has 0 unspecified atom stereocenters. The van der Waals surface area contributed by atoms with Crippen LogP contribution in [0.15, 0.2) is 24.3 Å². The Kier molecular flexibility index (Phi) is 5.24. The van der Waals surface area contributed by atoms with Crippen LogP contribution in [0.3, 0.4) is 0 Å². The number of benzene rings is 1. The van der Waals surface area contributed by atoms with E-state index >= 15 is 0 Å². The van der Waals surface area contributed by atoms with E-state index in [1.165, 1.54) is 6.92 Å². The van der Waals surface area contributed by atoms with Gasteiger partial charge in [-0.05, 0) is 40.8 Å². The highest BCUT2D eigenvalue weighted by Gasteiger charge is 2.02. The van der Waals surface area contributed by atoms with Gasteiger partial charge in [-0.1, -0.05) is 6.07 Å². The average molecular weight is 332 g/mol. The van der Waals surface area contributed by atoms with Crippen molar-refractivity contribution in [3.05, 3.63) is 27.8 Å². The first kappa shape index (κ1) is 13.0. The summed E-state index contributed by atoms with van der Waals surface area (Å²) in [6.07, 6.45) is 0.283. The maximum atomic E-state index is 11.4. The van der Waals surface area contributed by atoms with Crippen molar-refractivity contribution < 1.29 is 9.59 Å². The predicted octanol–water partition coefficient (Wildman–Crippen LogP) is 1.76. The Morgan fingerprint density at radius 3 is 2.75 bits per heavy atom. The van der Waals surface area contributed by atoms with Gasteiger partial charge < -0.3 is 10.6 Å². The van der Waals surface area contributed by atoms with Gasteiger partial charge in [0.15, 0.2) is 0 Å². The smallest absolute Gasteiger partial charge is 0.226 e. The number of rotatable bonds is 4. The molecule has 1 rings (SSSR count). The number of halogens is 1. The number of carbonyl (C=O) groups excluding carboxylic acids is 2. The summed E-state index contributed by atoms with van der Waals surface area (Å²) in [6.45, 7) is 1.79. The molecule has 2 amide bonds. The Balaban J connectivity index is 2.37. The zero-order valence-electron chi connectivity index (χ0n) is 8.92. The fourth-order valence-electron chi connectivity index (χ4n) is 1.14. The number of anilines is 1. The number of amides is 2. The average Bonchev–Trinajstić information content (AvgIpc) is 2.16. The molecular weight excluding hydrogens is 319 g/mol. The molecule has 0 spiro atoms. The Morgan fingerprint density at radius 1 is 1.38 bits per heavy atom. The summed E-state index contributed by atoms with van der Waals surface area (Å²) in [5.74, 6) is -0.224. The van der Waals surface area contributed by atoms with Crippen LogP contribution in [-0.4, -0.2) is 18.4 Å². The normalized spacial score (nSPS) is 9.62. The highest BCUT2D eigenvalue weighted by molar-refractivity contribution is 14.1. The van der Waals surface area contributed by atoms with Gasteiger partial charge in [-0.2, -0.15) is 0 Å². The van der Waals surface area contributed by atoms with Crippen molar-refractivity contribution in [1.29, 1.82) is 0 Å². The third-order valence-electron chi connectivity index (χ3n) is 1.83. The molecule has 0 radical (unpaired) electrons. The van der Waals surface area contributed by atoms with Crippen LogP contribution in [0.2, 0.25) is 0 Å². The standard InChI is InChI=1S/C11H13IN2O2/c1-8(15)13-6-5-11(16)14-10-4-2-3-9(12)7-10/h2-4,7H,5-6H2,1H3,(H,13,15)(H,14,16). The van der Waals surface area contributed by atoms with Gasteiger partial charge in [0.1, 0.15) is 0 Å². The number of nitrogens with one attached hydrogen (secondary N) is 2. The monoisotopic (exact) mass is 332 g/mol. The third kappa shape index (κ3) is 5.11. The fourth-order valence-corrected chi connectivity index (χ4v) is 1.68. The van der Waals surface area contributed by atoms with E-state index in [4.69, 9.17) is 0 Å². The molecule has 86 valence electrons. The van der Waals surface area contributed by atoms with E-state index in [1.54, 1.807) is 0 Å². The minimum atomic E-state index is -0.123. The number of carbonyl (C=O) groups is 2. The largest absolute Gasteiger partial charge is 0.356 e. The fraction of sp³-hybridized carbons (Fsp3) is 0.273. The Hall–Kier alpha value is -1.11. The van der Waals surface area contributed by atoms with Crippen LogP contribution < -0.4 is 10.6 Å². The summed E-state index contributed by atoms with van der Waals surface area (Å²) < 4.78 is 1.07. The van der Waals surface area contributed by atoms with Crippen molar-refractivity contribution in [1.82, 2.24) is 5.32 Å². The molecule has 4 nitrogen and oxygen atoms in total. The molecule has 2 N–H and O–H groups in total. The van der Waals surface area contributed by atoms with Crippen molar-refractivity contribution in [3.63, 3.8) is 0 Å². The van der Waals surface area contributed by atoms with E-state index in [2.05, 4.69) is 33.2 Å². The van der Waals surface area contributed by atoms with Gasteiger partial charge in [0, 0.05) is 29.1 Å². The Labute approximate surface area is 108 Å². The summed E-state index contributed by atoms with van der Waals surface area (Å²) in [4.78, 5) is 22.0. The van der Waals surface area contributed by atoms with Crippen molar-refractivity contribution in [3.8, 4) is 0 Å². The van der Waals surface area contributed by atoms with Crippen LogP contribution in [0, 0.1) is 3.57 Å². The lowest BCUT2D eigenvalue weighted by Crippen LogP contribution is -2.25. The molecule has 0 aliphatic carbocycles. The van der Waals surface area contributed by atoms with Crippen molar-refractivity contribution in [2.24, 2.45) is 0 Å². The first-order valence-corrected chi connectivity index (χ1v) is 5.95. The molecule has 0 fully saturated rings. The summed E-state index contributed by atoms with van der Waals surface area (Å²) in [5.41, 5.74) is 0.778. The second kappa shape index (κ2) is 6.47. The highest BCUT2D eigenvalue weighted by atomic mass is 127. The summed E-state index contributed by atoms with van der Waals surface area (Å²) >= 11 is 2.18. The van der Waals surface area contributed by atoms with Crippen LogP contribution in [0.4, 0.5) is 5.69 Å². The lowest BCUT2D eigenvalue weighted by Gasteiger charge is -2.05. The van der Waals surface area contributed by atoms with Crippen LogP contribution >= 0.6 is 22.6 Å². The molecule has 5 heteroatoms. The molecule has 1 aromatic rings. The molecule has 0 bridgehead atoms. The van der Waals surface area contributed by atoms with E-state index in [9.17, 15) is 9.59 Å². The molecule has 0 aliphatic rings. The SMILES string of the molecule is CC(=O)NCCC(=O)Nc1cccc(I)c1. The second-order valence-corrected chi connectivity index (χ2v) is 4.54. The van der Waals surface area contributed by atoms with Gasteiger partial charge in [-0.25, -0.2) is 0 Å². The molecule has 1 aromatic carbocycles. The van der Waals surface area contributed by atoms with Crippen LogP contribution in [0.25, 0.3) is 0 Å². The van der Waals surface area contributed by atoms with E-state index in [0.717, 1.165) is 9.26 Å². The third-order valence-corrected chi connectivity index (χ3v) is 2.51. The summed E-state index contributed by atoms with van der Waals surface area (Å²) in [6, 6.07) is 7.55. The molecule has 0 aromatic heterocycles.